The predicted octanol–water partition coefficient (Wildman–Crippen LogP) is 1.89. The van der Waals surface area contributed by atoms with Gasteiger partial charge in [-0.3, -0.25) is 4.79 Å². The minimum atomic E-state index is -0.668. The summed E-state index contributed by atoms with van der Waals surface area (Å²) in [6, 6.07) is 6.20. The van der Waals surface area contributed by atoms with Crippen molar-refractivity contribution in [3.63, 3.8) is 0 Å². The highest BCUT2D eigenvalue weighted by molar-refractivity contribution is 5.93. The Morgan fingerprint density at radius 3 is 2.29 bits per heavy atom. The van der Waals surface area contributed by atoms with Crippen molar-refractivity contribution in [3.8, 4) is 5.75 Å². The fraction of sp³-hybridized carbons (Fsp3) is 0.267. The lowest BCUT2D eigenvalue weighted by Crippen LogP contribution is -2.15. The molecule has 112 valence electrons. The monoisotopic (exact) mass is 292 g/mol. The number of benzene rings is 1. The number of hydrogen-bond donors (Lipinski definition) is 0. The number of rotatable bonds is 6. The van der Waals surface area contributed by atoms with Crippen LogP contribution in [-0.2, 0) is 19.1 Å². The van der Waals surface area contributed by atoms with Crippen LogP contribution in [0.25, 0.3) is 0 Å². The van der Waals surface area contributed by atoms with Crippen LogP contribution in [0.4, 0.5) is 0 Å². The van der Waals surface area contributed by atoms with Crippen molar-refractivity contribution in [1.82, 2.24) is 0 Å². The van der Waals surface area contributed by atoms with Crippen LogP contribution in [0.15, 0.2) is 36.4 Å². The number of esters is 3. The van der Waals surface area contributed by atoms with E-state index in [9.17, 15) is 14.4 Å². The third-order valence-corrected chi connectivity index (χ3v) is 2.26. The second-order valence-corrected chi connectivity index (χ2v) is 4.14. The van der Waals surface area contributed by atoms with Crippen molar-refractivity contribution >= 4 is 17.9 Å². The lowest BCUT2D eigenvalue weighted by Gasteiger charge is -2.09. The Balaban J connectivity index is 2.54. The number of carbonyl (C=O) groups excluding carboxylic acids is 3. The first kappa shape index (κ1) is 16.4. The summed E-state index contributed by atoms with van der Waals surface area (Å²) in [4.78, 5) is 33.9. The van der Waals surface area contributed by atoms with Gasteiger partial charge in [-0.05, 0) is 19.1 Å². The third-order valence-electron chi connectivity index (χ3n) is 2.26. The van der Waals surface area contributed by atoms with E-state index in [-0.39, 0.29) is 30.1 Å². The third kappa shape index (κ3) is 5.48. The van der Waals surface area contributed by atoms with Crippen LogP contribution in [0.1, 0.15) is 24.2 Å². The van der Waals surface area contributed by atoms with Gasteiger partial charge in [0.2, 0.25) is 0 Å². The van der Waals surface area contributed by atoms with Crippen molar-refractivity contribution in [2.75, 3.05) is 13.2 Å². The number of para-hydroxylation sites is 1. The van der Waals surface area contributed by atoms with Crippen molar-refractivity contribution in [2.24, 2.45) is 0 Å². The minimum absolute atomic E-state index is 0.0762. The van der Waals surface area contributed by atoms with Gasteiger partial charge in [0.15, 0.2) is 0 Å². The first-order valence-electron chi connectivity index (χ1n) is 6.19. The van der Waals surface area contributed by atoms with Gasteiger partial charge in [-0.1, -0.05) is 18.7 Å². The highest BCUT2D eigenvalue weighted by Crippen LogP contribution is 2.19. The van der Waals surface area contributed by atoms with E-state index in [1.807, 2.05) is 0 Å². The normalized spacial score (nSPS) is 9.62. The molecule has 0 heterocycles. The minimum Gasteiger partial charge on any atom is -0.459 e. The van der Waals surface area contributed by atoms with E-state index in [1.165, 1.54) is 26.0 Å². The largest absolute Gasteiger partial charge is 0.459 e. The molecule has 0 aliphatic carbocycles. The summed E-state index contributed by atoms with van der Waals surface area (Å²) in [7, 11) is 0. The van der Waals surface area contributed by atoms with Gasteiger partial charge in [0.1, 0.15) is 24.5 Å². The van der Waals surface area contributed by atoms with Crippen LogP contribution in [0, 0.1) is 0 Å². The standard InChI is InChI=1S/C15H16O6/c1-10(2)14(17)19-8-9-20-15(18)12-6-4-5-7-13(12)21-11(3)16/h4-7H,1,8-9H2,2-3H3. The molecule has 0 spiro atoms. The Bertz CT molecular complexity index is 561. The molecule has 1 rings (SSSR count). The Hall–Kier alpha value is -2.63. The molecule has 0 aliphatic heterocycles. The molecule has 0 atom stereocenters. The van der Waals surface area contributed by atoms with Gasteiger partial charge in [-0.25, -0.2) is 9.59 Å². The topological polar surface area (TPSA) is 78.9 Å². The lowest BCUT2D eigenvalue weighted by atomic mass is 10.2. The second-order valence-electron chi connectivity index (χ2n) is 4.14. The number of carbonyl (C=O) groups is 3. The quantitative estimate of drug-likeness (QED) is 0.345. The van der Waals surface area contributed by atoms with Gasteiger partial charge in [0.25, 0.3) is 0 Å². The van der Waals surface area contributed by atoms with E-state index in [0.717, 1.165) is 0 Å². The van der Waals surface area contributed by atoms with Gasteiger partial charge in [0, 0.05) is 12.5 Å². The Kier molecular flexibility index (Phi) is 6.13. The smallest absolute Gasteiger partial charge is 0.342 e. The first-order chi connectivity index (χ1) is 9.91. The van der Waals surface area contributed by atoms with E-state index < -0.39 is 17.9 Å². The van der Waals surface area contributed by atoms with Crippen molar-refractivity contribution in [2.45, 2.75) is 13.8 Å². The van der Waals surface area contributed by atoms with E-state index >= 15 is 0 Å². The summed E-state index contributed by atoms with van der Waals surface area (Å²) >= 11 is 0. The summed E-state index contributed by atoms with van der Waals surface area (Å²) in [5.74, 6) is -1.64. The maximum absolute atomic E-state index is 11.9. The molecular formula is C15H16O6. The van der Waals surface area contributed by atoms with Crippen LogP contribution in [0.3, 0.4) is 0 Å². The molecule has 0 aliphatic rings. The van der Waals surface area contributed by atoms with Crippen LogP contribution < -0.4 is 4.74 Å². The van der Waals surface area contributed by atoms with Gasteiger partial charge < -0.3 is 14.2 Å². The zero-order chi connectivity index (χ0) is 15.8. The Morgan fingerprint density at radius 1 is 1.05 bits per heavy atom. The van der Waals surface area contributed by atoms with E-state index in [2.05, 4.69) is 6.58 Å². The predicted molar refractivity (Wildman–Crippen MR) is 73.8 cm³/mol. The van der Waals surface area contributed by atoms with Crippen molar-refractivity contribution in [3.05, 3.63) is 42.0 Å². The zero-order valence-electron chi connectivity index (χ0n) is 11.9. The molecule has 0 bridgehead atoms. The summed E-state index contributed by atoms with van der Waals surface area (Å²) < 4.78 is 14.6. The van der Waals surface area contributed by atoms with E-state index in [0.29, 0.717) is 0 Å². The molecule has 0 saturated carbocycles. The van der Waals surface area contributed by atoms with Gasteiger partial charge in [0.05, 0.1) is 0 Å². The molecule has 0 unspecified atom stereocenters. The fourth-order valence-electron chi connectivity index (χ4n) is 1.35. The Labute approximate surface area is 122 Å². The van der Waals surface area contributed by atoms with Crippen LogP contribution in [-0.4, -0.2) is 31.1 Å². The van der Waals surface area contributed by atoms with Gasteiger partial charge in [-0.2, -0.15) is 0 Å². The average molecular weight is 292 g/mol. The first-order valence-corrected chi connectivity index (χ1v) is 6.19. The zero-order valence-corrected chi connectivity index (χ0v) is 11.9. The molecule has 6 nitrogen and oxygen atoms in total. The molecule has 0 amide bonds. The number of ether oxygens (including phenoxy) is 3. The van der Waals surface area contributed by atoms with E-state index in [1.54, 1.807) is 12.1 Å². The highest BCUT2D eigenvalue weighted by atomic mass is 16.6. The molecule has 1 aromatic rings. The van der Waals surface area contributed by atoms with Crippen LogP contribution in [0.2, 0.25) is 0 Å². The molecule has 21 heavy (non-hydrogen) atoms. The molecule has 0 saturated heterocycles. The molecule has 1 aromatic carbocycles. The van der Waals surface area contributed by atoms with E-state index in [4.69, 9.17) is 14.2 Å². The molecule has 0 N–H and O–H groups in total. The van der Waals surface area contributed by atoms with Crippen LogP contribution >= 0.6 is 0 Å². The lowest BCUT2D eigenvalue weighted by molar-refractivity contribution is -0.140. The molecule has 0 aromatic heterocycles. The summed E-state index contributed by atoms with van der Waals surface area (Å²) in [6.45, 7) is 6.00. The van der Waals surface area contributed by atoms with Crippen molar-refractivity contribution in [1.29, 1.82) is 0 Å². The second kappa shape index (κ2) is 7.84. The fourth-order valence-corrected chi connectivity index (χ4v) is 1.35. The summed E-state index contributed by atoms with van der Waals surface area (Å²) in [6.07, 6.45) is 0. The maximum atomic E-state index is 11.9. The van der Waals surface area contributed by atoms with Gasteiger partial charge in [-0.15, -0.1) is 0 Å². The highest BCUT2D eigenvalue weighted by Gasteiger charge is 2.15. The van der Waals surface area contributed by atoms with Crippen molar-refractivity contribution < 1.29 is 28.6 Å². The summed E-state index contributed by atoms with van der Waals surface area (Å²) in [5, 5.41) is 0. The molecule has 0 radical (unpaired) electrons. The maximum Gasteiger partial charge on any atom is 0.342 e. The SMILES string of the molecule is C=C(C)C(=O)OCCOC(=O)c1ccccc1OC(C)=O. The van der Waals surface area contributed by atoms with Crippen LogP contribution in [0.5, 0.6) is 5.75 Å². The van der Waals surface area contributed by atoms with Gasteiger partial charge >= 0.3 is 17.9 Å². The molecule has 0 fully saturated rings. The molecular weight excluding hydrogens is 276 g/mol. The summed E-state index contributed by atoms with van der Waals surface area (Å²) in [5.41, 5.74) is 0.389. The Morgan fingerprint density at radius 2 is 1.67 bits per heavy atom. The number of hydrogen-bond acceptors (Lipinski definition) is 6. The molecule has 6 heteroatoms. The average Bonchev–Trinajstić information content (AvgIpc) is 2.42.